The molecule has 1 fully saturated rings. The summed E-state index contributed by atoms with van der Waals surface area (Å²) in [7, 11) is -3.31. The molecule has 1 aromatic heterocycles. The Kier molecular flexibility index (Phi) is 6.09. The van der Waals surface area contributed by atoms with Crippen molar-refractivity contribution in [1.29, 1.82) is 0 Å². The van der Waals surface area contributed by atoms with Crippen molar-refractivity contribution in [3.8, 4) is 0 Å². The van der Waals surface area contributed by atoms with Gasteiger partial charge in [-0.2, -0.15) is 0 Å². The van der Waals surface area contributed by atoms with Crippen LogP contribution in [0.15, 0.2) is 52.0 Å². The Hall–Kier alpha value is -1.73. The first-order valence-corrected chi connectivity index (χ1v) is 11.6. The number of hydrogen-bond donors (Lipinski definition) is 0. The number of hydrogen-bond acceptors (Lipinski definition) is 5. The molecule has 26 heavy (non-hydrogen) atoms. The van der Waals surface area contributed by atoms with Crippen molar-refractivity contribution in [3.63, 3.8) is 0 Å². The molecule has 7 heteroatoms. The minimum atomic E-state index is -3.31. The Balaban J connectivity index is 1.51. The number of thioether (sulfide) groups is 1. The third-order valence-corrected chi connectivity index (χ3v) is 7.55. The predicted octanol–water partition coefficient (Wildman–Crippen LogP) is 3.15. The summed E-state index contributed by atoms with van der Waals surface area (Å²) in [5.41, 5.74) is 1.12. The van der Waals surface area contributed by atoms with Crippen molar-refractivity contribution in [2.75, 3.05) is 19.3 Å². The number of furan rings is 1. The monoisotopic (exact) mass is 393 g/mol. The van der Waals surface area contributed by atoms with Crippen molar-refractivity contribution in [1.82, 2.24) is 4.90 Å². The summed E-state index contributed by atoms with van der Waals surface area (Å²) in [5.74, 6) is 0.368. The Morgan fingerprint density at radius 2 is 2.04 bits per heavy atom. The van der Waals surface area contributed by atoms with E-state index in [1.807, 2.05) is 18.4 Å². The van der Waals surface area contributed by atoms with Gasteiger partial charge in [0, 0.05) is 24.4 Å². The Morgan fingerprint density at radius 3 is 2.69 bits per heavy atom. The quantitative estimate of drug-likeness (QED) is 0.676. The van der Waals surface area contributed by atoms with Crippen LogP contribution in [0.1, 0.15) is 24.2 Å². The highest BCUT2D eigenvalue weighted by atomic mass is 32.2. The molecule has 3 rings (SSSR count). The molecular formula is C19H23NO4S2. The number of carbonyl (C=O) groups excluding carboxylic acids is 1. The molecule has 1 aliphatic heterocycles. The van der Waals surface area contributed by atoms with Crippen LogP contribution in [0.5, 0.6) is 0 Å². The topological polar surface area (TPSA) is 67.6 Å². The van der Waals surface area contributed by atoms with Gasteiger partial charge < -0.3 is 9.32 Å². The molecule has 0 aliphatic carbocycles. The van der Waals surface area contributed by atoms with Crippen LogP contribution in [0.4, 0.5) is 0 Å². The zero-order chi connectivity index (χ0) is 18.6. The smallest absolute Gasteiger partial charge is 0.222 e. The predicted molar refractivity (Wildman–Crippen MR) is 103 cm³/mol. The van der Waals surface area contributed by atoms with Crippen molar-refractivity contribution < 1.29 is 17.6 Å². The van der Waals surface area contributed by atoms with E-state index >= 15 is 0 Å². The van der Waals surface area contributed by atoms with E-state index in [4.69, 9.17) is 4.42 Å². The van der Waals surface area contributed by atoms with Crippen LogP contribution in [-0.4, -0.2) is 43.8 Å². The van der Waals surface area contributed by atoms with E-state index in [1.165, 1.54) is 11.2 Å². The number of carbonyl (C=O) groups is 1. The van der Waals surface area contributed by atoms with Gasteiger partial charge in [-0.1, -0.05) is 12.1 Å². The summed E-state index contributed by atoms with van der Waals surface area (Å²) in [5, 5.41) is -0.502. The first-order chi connectivity index (χ1) is 12.5. The van der Waals surface area contributed by atoms with Crippen LogP contribution in [0.3, 0.4) is 0 Å². The van der Waals surface area contributed by atoms with Crippen LogP contribution in [0.25, 0.3) is 0 Å². The second-order valence-corrected chi connectivity index (χ2v) is 9.65. The lowest BCUT2D eigenvalue weighted by Gasteiger charge is -2.16. The first kappa shape index (κ1) is 19.0. The average molecular weight is 394 g/mol. The molecule has 0 bridgehead atoms. The van der Waals surface area contributed by atoms with E-state index in [-0.39, 0.29) is 18.2 Å². The van der Waals surface area contributed by atoms with Gasteiger partial charge in [0.2, 0.25) is 5.91 Å². The molecule has 1 aromatic carbocycles. The molecule has 2 aromatic rings. The number of rotatable bonds is 7. The van der Waals surface area contributed by atoms with Crippen molar-refractivity contribution in [3.05, 3.63) is 54.0 Å². The van der Waals surface area contributed by atoms with E-state index < -0.39 is 15.1 Å². The molecule has 1 aliphatic rings. The van der Waals surface area contributed by atoms with E-state index in [0.29, 0.717) is 31.6 Å². The molecule has 0 spiro atoms. The fourth-order valence-corrected chi connectivity index (χ4v) is 5.24. The van der Waals surface area contributed by atoms with Crippen LogP contribution < -0.4 is 0 Å². The number of likely N-dealkylation sites (tertiary alicyclic amines) is 1. The lowest BCUT2D eigenvalue weighted by molar-refractivity contribution is -0.130. The SMILES string of the molecule is CSc1ccc(CCC(=O)N2CC[C@H](S(=O)(=O)Cc3ccco3)C2)cc1. The fraction of sp³-hybridized carbons (Fsp3) is 0.421. The molecule has 2 heterocycles. The van der Waals surface area contributed by atoms with Crippen LogP contribution in [0.2, 0.25) is 0 Å². The lowest BCUT2D eigenvalue weighted by atomic mass is 10.1. The van der Waals surface area contributed by atoms with Gasteiger partial charge in [-0.25, -0.2) is 8.42 Å². The normalized spacial score (nSPS) is 17.6. The van der Waals surface area contributed by atoms with E-state index in [9.17, 15) is 13.2 Å². The number of sulfone groups is 1. The van der Waals surface area contributed by atoms with E-state index in [2.05, 4.69) is 12.1 Å². The maximum atomic E-state index is 12.5. The number of aryl methyl sites for hydroxylation is 1. The maximum Gasteiger partial charge on any atom is 0.222 e. The van der Waals surface area contributed by atoms with Crippen molar-refractivity contribution in [2.24, 2.45) is 0 Å². The average Bonchev–Trinajstić information content (AvgIpc) is 3.32. The summed E-state index contributed by atoms with van der Waals surface area (Å²) in [6, 6.07) is 11.5. The zero-order valence-corrected chi connectivity index (χ0v) is 16.4. The summed E-state index contributed by atoms with van der Waals surface area (Å²) in [6.45, 7) is 0.791. The van der Waals surface area contributed by atoms with Gasteiger partial charge in [-0.3, -0.25) is 4.79 Å². The third-order valence-electron chi connectivity index (χ3n) is 4.72. The molecule has 1 amide bonds. The summed E-state index contributed by atoms with van der Waals surface area (Å²) < 4.78 is 30.2. The minimum absolute atomic E-state index is 0.0228. The molecule has 0 N–H and O–H groups in total. The van der Waals surface area contributed by atoms with Crippen LogP contribution in [-0.2, 0) is 26.8 Å². The maximum absolute atomic E-state index is 12.5. The molecule has 1 saturated heterocycles. The summed E-state index contributed by atoms with van der Waals surface area (Å²) in [4.78, 5) is 15.3. The van der Waals surface area contributed by atoms with E-state index in [1.54, 1.807) is 28.8 Å². The molecule has 0 saturated carbocycles. The van der Waals surface area contributed by atoms with Gasteiger partial charge in [-0.15, -0.1) is 11.8 Å². The van der Waals surface area contributed by atoms with Crippen LogP contribution in [0, 0.1) is 0 Å². The number of benzene rings is 1. The van der Waals surface area contributed by atoms with E-state index in [0.717, 1.165) is 5.56 Å². The highest BCUT2D eigenvalue weighted by Crippen LogP contribution is 2.22. The number of nitrogens with zero attached hydrogens (tertiary/aromatic N) is 1. The number of amides is 1. The summed E-state index contributed by atoms with van der Waals surface area (Å²) in [6.07, 6.45) is 5.08. The molecule has 140 valence electrons. The van der Waals surface area contributed by atoms with Crippen molar-refractivity contribution >= 4 is 27.5 Å². The van der Waals surface area contributed by atoms with Gasteiger partial charge >= 0.3 is 0 Å². The van der Waals surface area contributed by atoms with Gasteiger partial charge in [-0.05, 0) is 48.9 Å². The fourth-order valence-electron chi connectivity index (χ4n) is 3.16. The third kappa shape index (κ3) is 4.71. The summed E-state index contributed by atoms with van der Waals surface area (Å²) >= 11 is 1.69. The van der Waals surface area contributed by atoms with Gasteiger partial charge in [0.25, 0.3) is 0 Å². The zero-order valence-electron chi connectivity index (χ0n) is 14.8. The largest absolute Gasteiger partial charge is 0.468 e. The molecule has 0 radical (unpaired) electrons. The molecule has 1 atom stereocenters. The molecule has 0 unspecified atom stereocenters. The van der Waals surface area contributed by atoms with Gasteiger partial charge in [0.15, 0.2) is 9.84 Å². The molecule has 5 nitrogen and oxygen atoms in total. The highest BCUT2D eigenvalue weighted by molar-refractivity contribution is 7.98. The Bertz CT molecular complexity index is 829. The highest BCUT2D eigenvalue weighted by Gasteiger charge is 2.35. The molecular weight excluding hydrogens is 370 g/mol. The second kappa shape index (κ2) is 8.31. The van der Waals surface area contributed by atoms with Gasteiger partial charge in [0.1, 0.15) is 11.5 Å². The first-order valence-electron chi connectivity index (χ1n) is 8.62. The second-order valence-electron chi connectivity index (χ2n) is 6.49. The Morgan fingerprint density at radius 1 is 1.27 bits per heavy atom. The van der Waals surface area contributed by atoms with Crippen LogP contribution >= 0.6 is 11.8 Å². The lowest BCUT2D eigenvalue weighted by Crippen LogP contribution is -2.32. The minimum Gasteiger partial charge on any atom is -0.468 e. The standard InChI is InChI=1S/C19H23NO4S2/c1-25-17-7-4-15(5-8-17)6-9-19(21)20-11-10-18(13-20)26(22,23)14-16-3-2-12-24-16/h2-5,7-8,12,18H,6,9-11,13-14H2,1H3/t18-/m0/s1. The van der Waals surface area contributed by atoms with Crippen molar-refractivity contribution in [2.45, 2.75) is 35.2 Å². The Labute approximate surface area is 158 Å². The van der Waals surface area contributed by atoms with Gasteiger partial charge in [0.05, 0.1) is 11.5 Å².